The van der Waals surface area contributed by atoms with Gasteiger partial charge in [0, 0.05) is 17.3 Å². The lowest BCUT2D eigenvalue weighted by Crippen LogP contribution is -2.35. The largest absolute Gasteiger partial charge is 0.504 e. The summed E-state index contributed by atoms with van der Waals surface area (Å²) in [6, 6.07) is 21.3. The fraction of sp³-hybridized carbons (Fsp3) is 0.385. The smallest absolute Gasteiger partial charge is 0.238 e. The number of aromatic hydroxyl groups is 1. The highest BCUT2D eigenvalue weighted by atomic mass is 127. The van der Waals surface area contributed by atoms with Crippen molar-refractivity contribution in [3.8, 4) is 11.5 Å². The zero-order chi connectivity index (χ0) is 33.2. The van der Waals surface area contributed by atoms with E-state index in [2.05, 4.69) is 54.8 Å². The van der Waals surface area contributed by atoms with Crippen LogP contribution in [0, 0.1) is 27.2 Å². The molecule has 246 valence electrons. The highest BCUT2D eigenvalue weighted by Gasteiger charge is 2.57. The summed E-state index contributed by atoms with van der Waals surface area (Å²) in [5, 5.41) is 13.7. The van der Waals surface area contributed by atoms with E-state index < -0.39 is 5.92 Å². The molecule has 0 radical (unpaired) electrons. The van der Waals surface area contributed by atoms with Gasteiger partial charge < -0.3 is 19.9 Å². The monoisotopic (exact) mass is 746 g/mol. The highest BCUT2D eigenvalue weighted by Crippen LogP contribution is 2.52. The topological polar surface area (TPSA) is 88.1 Å². The summed E-state index contributed by atoms with van der Waals surface area (Å²) in [6.07, 6.45) is 6.38. The second-order valence-electron chi connectivity index (χ2n) is 13.1. The van der Waals surface area contributed by atoms with Crippen LogP contribution in [0.15, 0.2) is 83.4 Å². The Bertz CT molecular complexity index is 1700. The number of halogens is 1. The molecule has 4 atom stereocenters. The molecule has 47 heavy (non-hydrogen) atoms. The molecular weight excluding hydrogens is 703 g/mol. The van der Waals surface area contributed by atoms with Gasteiger partial charge in [-0.05, 0) is 114 Å². The fourth-order valence-electron chi connectivity index (χ4n) is 7.57. The quantitative estimate of drug-likeness (QED) is 0.116. The van der Waals surface area contributed by atoms with Gasteiger partial charge in [0.25, 0.3) is 0 Å². The maximum absolute atomic E-state index is 14.1. The Hall–Kier alpha value is -3.63. The van der Waals surface area contributed by atoms with Gasteiger partial charge in [0.05, 0.1) is 40.9 Å². The summed E-state index contributed by atoms with van der Waals surface area (Å²) in [5.41, 5.74) is 7.33. The molecule has 6 rings (SSSR count). The standard InChI is InChI=1S/C39H43IN2O5/c1-5-9-24(18-25-19-32(40)37(43)34(20-25)46-4)12-17-33-35-29(23(2)3)21-30-36(31(35)22-47-33)39(45)42(38(30)44)28-15-13-27(14-16-28)41-26-10-7-6-8-11-26/h6-8,10-11,13-16,18-20,23,30-31,33,36,41,43H,5,9,12,17,21-22H2,1-4H3/b24-18+/t30-,31+,33-,36-/m1/s1. The Kier molecular flexibility index (Phi) is 10.1. The van der Waals surface area contributed by atoms with E-state index in [1.54, 1.807) is 7.11 Å². The molecule has 1 aliphatic carbocycles. The average molecular weight is 747 g/mol. The number of para-hydroxylation sites is 1. The van der Waals surface area contributed by atoms with Crippen LogP contribution in [0.1, 0.15) is 58.4 Å². The Morgan fingerprint density at radius 1 is 1.04 bits per heavy atom. The number of fused-ring (bicyclic) bond motifs is 3. The van der Waals surface area contributed by atoms with Crippen LogP contribution in [0.25, 0.3) is 6.08 Å². The normalized spacial score (nSPS) is 22.6. The van der Waals surface area contributed by atoms with Crippen LogP contribution in [-0.4, -0.2) is 36.7 Å². The molecule has 0 unspecified atom stereocenters. The Morgan fingerprint density at radius 2 is 1.77 bits per heavy atom. The number of carbonyl (C=O) groups is 2. The van der Waals surface area contributed by atoms with E-state index in [4.69, 9.17) is 9.47 Å². The molecule has 3 aromatic rings. The molecule has 2 fully saturated rings. The molecule has 3 aromatic carbocycles. The Labute approximate surface area is 291 Å². The van der Waals surface area contributed by atoms with Gasteiger partial charge in [0.1, 0.15) is 0 Å². The molecule has 0 bridgehead atoms. The van der Waals surface area contributed by atoms with Crippen LogP contribution in [-0.2, 0) is 14.3 Å². The van der Waals surface area contributed by atoms with E-state index in [9.17, 15) is 14.7 Å². The summed E-state index contributed by atoms with van der Waals surface area (Å²) in [7, 11) is 1.57. The molecule has 0 saturated carbocycles. The fourth-order valence-corrected chi connectivity index (χ4v) is 8.20. The maximum Gasteiger partial charge on any atom is 0.238 e. The van der Waals surface area contributed by atoms with Gasteiger partial charge in [-0.3, -0.25) is 14.5 Å². The van der Waals surface area contributed by atoms with Crippen molar-refractivity contribution < 1.29 is 24.2 Å². The first-order valence-corrected chi connectivity index (χ1v) is 17.7. The number of phenolic OH excluding ortho intramolecular Hbond substituents is 1. The number of phenols is 1. The van der Waals surface area contributed by atoms with Crippen LogP contribution in [0.3, 0.4) is 0 Å². The first kappa shape index (κ1) is 33.3. The van der Waals surface area contributed by atoms with E-state index in [0.717, 1.165) is 46.2 Å². The summed E-state index contributed by atoms with van der Waals surface area (Å²) < 4.78 is 12.6. The number of hydrogen-bond acceptors (Lipinski definition) is 6. The van der Waals surface area contributed by atoms with Gasteiger partial charge in [0.2, 0.25) is 11.8 Å². The second kappa shape index (κ2) is 14.2. The van der Waals surface area contributed by atoms with Gasteiger partial charge in [-0.2, -0.15) is 0 Å². The van der Waals surface area contributed by atoms with Gasteiger partial charge in [-0.25, -0.2) is 0 Å². The number of rotatable bonds is 11. The molecular formula is C39H43IN2O5. The lowest BCUT2D eigenvalue weighted by Gasteiger charge is -2.33. The Morgan fingerprint density at radius 3 is 2.45 bits per heavy atom. The van der Waals surface area contributed by atoms with E-state index >= 15 is 0 Å². The van der Waals surface area contributed by atoms with Crippen molar-refractivity contribution in [2.75, 3.05) is 23.9 Å². The first-order chi connectivity index (χ1) is 22.7. The summed E-state index contributed by atoms with van der Waals surface area (Å²) in [6.45, 7) is 7.02. The second-order valence-corrected chi connectivity index (χ2v) is 14.3. The predicted octanol–water partition coefficient (Wildman–Crippen LogP) is 8.89. The van der Waals surface area contributed by atoms with Gasteiger partial charge in [-0.1, -0.05) is 62.6 Å². The van der Waals surface area contributed by atoms with Crippen molar-refractivity contribution in [3.63, 3.8) is 0 Å². The SMILES string of the molecule is CCC/C(=C\c1cc(I)c(O)c(OC)c1)CC[C@H]1OC[C@H]2C1=C(C(C)C)C[C@H]1C(=O)N(c3ccc(Nc4ccccc4)cc3)C(=O)[C@H]12. The minimum Gasteiger partial charge on any atom is -0.504 e. The van der Waals surface area contributed by atoms with Gasteiger partial charge in [-0.15, -0.1) is 0 Å². The molecule has 2 heterocycles. The van der Waals surface area contributed by atoms with Crippen molar-refractivity contribution in [2.45, 2.75) is 59.0 Å². The molecule has 0 spiro atoms. The van der Waals surface area contributed by atoms with Crippen LogP contribution in [0.5, 0.6) is 11.5 Å². The third-order valence-corrected chi connectivity index (χ3v) is 10.6. The van der Waals surface area contributed by atoms with Crippen LogP contribution < -0.4 is 15.0 Å². The number of allylic oxidation sites excluding steroid dienone is 2. The van der Waals surface area contributed by atoms with Crippen molar-refractivity contribution in [2.24, 2.45) is 23.7 Å². The number of imide groups is 1. The van der Waals surface area contributed by atoms with Crippen molar-refractivity contribution in [3.05, 3.63) is 92.6 Å². The van der Waals surface area contributed by atoms with Crippen LogP contribution in [0.2, 0.25) is 0 Å². The van der Waals surface area contributed by atoms with E-state index in [1.165, 1.54) is 21.6 Å². The van der Waals surface area contributed by atoms with Crippen LogP contribution in [0.4, 0.5) is 17.1 Å². The molecule has 3 aliphatic rings. The number of nitrogens with zero attached hydrogens (tertiary/aromatic N) is 1. The summed E-state index contributed by atoms with van der Waals surface area (Å²) >= 11 is 2.13. The number of anilines is 3. The number of ether oxygens (including phenoxy) is 2. The Balaban J connectivity index is 1.21. The number of methoxy groups -OCH3 is 1. The van der Waals surface area contributed by atoms with E-state index in [1.807, 2.05) is 66.7 Å². The number of carbonyl (C=O) groups excluding carboxylic acids is 2. The third-order valence-electron chi connectivity index (χ3n) is 9.77. The molecule has 8 heteroatoms. The van der Waals surface area contributed by atoms with Gasteiger partial charge >= 0.3 is 0 Å². The third kappa shape index (κ3) is 6.72. The predicted molar refractivity (Wildman–Crippen MR) is 195 cm³/mol. The molecule has 0 aromatic heterocycles. The molecule has 7 nitrogen and oxygen atoms in total. The minimum absolute atomic E-state index is 0.0756. The number of amides is 2. The maximum atomic E-state index is 14.1. The highest BCUT2D eigenvalue weighted by molar-refractivity contribution is 14.1. The van der Waals surface area contributed by atoms with E-state index in [0.29, 0.717) is 24.5 Å². The summed E-state index contributed by atoms with van der Waals surface area (Å²) in [4.78, 5) is 29.4. The van der Waals surface area contributed by atoms with Crippen molar-refractivity contribution >= 4 is 57.5 Å². The number of nitrogens with one attached hydrogen (secondary N) is 1. The zero-order valence-electron chi connectivity index (χ0n) is 27.5. The number of benzene rings is 3. The van der Waals surface area contributed by atoms with Crippen LogP contribution >= 0.6 is 22.6 Å². The van der Waals surface area contributed by atoms with Gasteiger partial charge in [0.15, 0.2) is 11.5 Å². The zero-order valence-corrected chi connectivity index (χ0v) is 29.6. The van der Waals surface area contributed by atoms with Crippen molar-refractivity contribution in [1.29, 1.82) is 0 Å². The lowest BCUT2D eigenvalue weighted by molar-refractivity contribution is -0.122. The first-order valence-electron chi connectivity index (χ1n) is 16.6. The minimum atomic E-state index is -0.399. The average Bonchev–Trinajstić information content (AvgIpc) is 3.59. The lowest BCUT2D eigenvalue weighted by atomic mass is 9.67. The van der Waals surface area contributed by atoms with E-state index in [-0.39, 0.29) is 41.4 Å². The molecule has 2 N–H and O–H groups in total. The number of hydrogen-bond donors (Lipinski definition) is 2. The molecule has 2 amide bonds. The van der Waals surface area contributed by atoms with Crippen molar-refractivity contribution in [1.82, 2.24) is 0 Å². The molecule has 2 saturated heterocycles. The summed E-state index contributed by atoms with van der Waals surface area (Å²) in [5.74, 6) is -0.170. The molecule has 2 aliphatic heterocycles.